The van der Waals surface area contributed by atoms with E-state index in [2.05, 4.69) is 9.88 Å². The zero-order valence-corrected chi connectivity index (χ0v) is 13.7. The van der Waals surface area contributed by atoms with Gasteiger partial charge in [0, 0.05) is 12.1 Å². The molecule has 2 rings (SSSR count). The molecule has 0 bridgehead atoms. The van der Waals surface area contributed by atoms with E-state index < -0.39 is 10.0 Å². The van der Waals surface area contributed by atoms with Gasteiger partial charge >= 0.3 is 0 Å². The molecule has 1 heterocycles. The molecule has 0 fully saturated rings. The molecule has 0 saturated heterocycles. The van der Waals surface area contributed by atoms with Crippen molar-refractivity contribution in [2.45, 2.75) is 25.3 Å². The summed E-state index contributed by atoms with van der Waals surface area (Å²) in [5.41, 5.74) is 0.986. The monoisotopic (exact) mass is 326 g/mol. The van der Waals surface area contributed by atoms with E-state index >= 15 is 0 Å². The Hall–Kier alpha value is -2.06. The molecule has 0 aliphatic heterocycles. The number of hydrogen-bond acceptors (Lipinski definition) is 6. The molecule has 8 heteroatoms. The predicted molar refractivity (Wildman–Crippen MR) is 79.5 cm³/mol. The molecule has 1 aromatic heterocycles. The summed E-state index contributed by atoms with van der Waals surface area (Å²) < 4.78 is 42.5. The van der Waals surface area contributed by atoms with E-state index in [1.54, 1.807) is 39.2 Å². The first-order valence-corrected chi connectivity index (χ1v) is 8.00. The van der Waals surface area contributed by atoms with Crippen molar-refractivity contribution in [1.82, 2.24) is 9.88 Å². The summed E-state index contributed by atoms with van der Waals surface area (Å²) in [7, 11) is -0.660. The second kappa shape index (κ2) is 6.37. The van der Waals surface area contributed by atoms with Crippen molar-refractivity contribution >= 4 is 10.0 Å². The summed E-state index contributed by atoms with van der Waals surface area (Å²) in [6.45, 7) is 3.20. The van der Waals surface area contributed by atoms with Crippen LogP contribution in [0.4, 0.5) is 0 Å². The van der Waals surface area contributed by atoms with Gasteiger partial charge in [-0.05, 0) is 32.0 Å². The Balaban J connectivity index is 2.26. The van der Waals surface area contributed by atoms with Crippen LogP contribution < -0.4 is 14.2 Å². The average Bonchev–Trinajstić information content (AvgIpc) is 2.84. The first-order chi connectivity index (χ1) is 10.4. The van der Waals surface area contributed by atoms with Crippen LogP contribution in [0.5, 0.6) is 11.5 Å². The fraction of sp³-hybridized carbons (Fsp3) is 0.357. The highest BCUT2D eigenvalue weighted by molar-refractivity contribution is 7.89. The van der Waals surface area contributed by atoms with Crippen LogP contribution in [0.1, 0.15) is 17.0 Å². The Morgan fingerprint density at radius 3 is 2.50 bits per heavy atom. The zero-order valence-electron chi connectivity index (χ0n) is 12.8. The Morgan fingerprint density at radius 2 is 1.95 bits per heavy atom. The largest absolute Gasteiger partial charge is 0.497 e. The van der Waals surface area contributed by atoms with Crippen LogP contribution in [0.15, 0.2) is 27.6 Å². The van der Waals surface area contributed by atoms with Crippen molar-refractivity contribution in [3.63, 3.8) is 0 Å². The third kappa shape index (κ3) is 3.23. The van der Waals surface area contributed by atoms with Crippen LogP contribution >= 0.6 is 0 Å². The summed E-state index contributed by atoms with van der Waals surface area (Å²) in [6.07, 6.45) is 0. The lowest BCUT2D eigenvalue weighted by molar-refractivity contribution is 0.390. The highest BCUT2D eigenvalue weighted by Gasteiger charge is 2.24. The van der Waals surface area contributed by atoms with Gasteiger partial charge in [-0.1, -0.05) is 5.16 Å². The molecule has 120 valence electrons. The van der Waals surface area contributed by atoms with Gasteiger partial charge in [-0.2, -0.15) is 0 Å². The standard InChI is InChI=1S/C14H18N2O5S/c1-9-14(10(2)21-16-9)22(17,18)15-8-11-7-12(19-3)5-6-13(11)20-4/h5-7,15H,8H2,1-4H3. The minimum atomic E-state index is -3.72. The number of nitrogens with zero attached hydrogens (tertiary/aromatic N) is 1. The lowest BCUT2D eigenvalue weighted by atomic mass is 10.2. The van der Waals surface area contributed by atoms with E-state index in [-0.39, 0.29) is 17.2 Å². The number of nitrogens with one attached hydrogen (secondary N) is 1. The summed E-state index contributed by atoms with van der Waals surface area (Å²) >= 11 is 0. The van der Waals surface area contributed by atoms with Gasteiger partial charge < -0.3 is 14.0 Å². The molecular formula is C14H18N2O5S. The van der Waals surface area contributed by atoms with Crippen LogP contribution in [0, 0.1) is 13.8 Å². The smallest absolute Gasteiger partial charge is 0.246 e. The second-order valence-electron chi connectivity index (χ2n) is 4.66. The molecule has 2 aromatic rings. The second-order valence-corrected chi connectivity index (χ2v) is 6.36. The minimum absolute atomic E-state index is 0.0623. The molecular weight excluding hydrogens is 308 g/mol. The molecule has 0 aliphatic rings. The minimum Gasteiger partial charge on any atom is -0.497 e. The van der Waals surface area contributed by atoms with Crippen molar-refractivity contribution in [3.8, 4) is 11.5 Å². The van der Waals surface area contributed by atoms with E-state index in [1.807, 2.05) is 0 Å². The maximum Gasteiger partial charge on any atom is 0.246 e. The van der Waals surface area contributed by atoms with Crippen molar-refractivity contribution in [2.75, 3.05) is 14.2 Å². The van der Waals surface area contributed by atoms with Crippen molar-refractivity contribution in [1.29, 1.82) is 0 Å². The van der Waals surface area contributed by atoms with E-state index in [0.717, 1.165) is 0 Å². The molecule has 0 spiro atoms. The molecule has 0 aliphatic carbocycles. The van der Waals surface area contributed by atoms with Crippen LogP contribution in [-0.2, 0) is 16.6 Å². The van der Waals surface area contributed by atoms with Gasteiger partial charge in [0.25, 0.3) is 0 Å². The number of benzene rings is 1. The number of aromatic nitrogens is 1. The van der Waals surface area contributed by atoms with E-state index in [9.17, 15) is 8.42 Å². The molecule has 0 saturated carbocycles. The Morgan fingerprint density at radius 1 is 1.23 bits per heavy atom. The number of aryl methyl sites for hydroxylation is 2. The maximum absolute atomic E-state index is 12.4. The van der Waals surface area contributed by atoms with E-state index in [1.165, 1.54) is 7.11 Å². The van der Waals surface area contributed by atoms with Gasteiger partial charge in [0.1, 0.15) is 22.1 Å². The SMILES string of the molecule is COc1ccc(OC)c(CNS(=O)(=O)c2c(C)noc2C)c1. The molecule has 1 N–H and O–H groups in total. The number of methoxy groups -OCH3 is 2. The lowest BCUT2D eigenvalue weighted by Crippen LogP contribution is -2.24. The molecule has 22 heavy (non-hydrogen) atoms. The number of rotatable bonds is 6. The highest BCUT2D eigenvalue weighted by Crippen LogP contribution is 2.25. The fourth-order valence-electron chi connectivity index (χ4n) is 2.12. The molecule has 0 radical (unpaired) electrons. The maximum atomic E-state index is 12.4. The van der Waals surface area contributed by atoms with Crippen LogP contribution in [0.25, 0.3) is 0 Å². The van der Waals surface area contributed by atoms with Gasteiger partial charge in [0.15, 0.2) is 5.76 Å². The third-order valence-corrected chi connectivity index (χ3v) is 4.82. The average molecular weight is 326 g/mol. The normalized spacial score (nSPS) is 11.5. The highest BCUT2D eigenvalue weighted by atomic mass is 32.2. The quantitative estimate of drug-likeness (QED) is 0.870. The summed E-state index contributed by atoms with van der Waals surface area (Å²) in [4.78, 5) is 0.0642. The summed E-state index contributed by atoms with van der Waals surface area (Å²) in [5.74, 6) is 1.44. The van der Waals surface area contributed by atoms with Crippen LogP contribution in [0.2, 0.25) is 0 Å². The van der Waals surface area contributed by atoms with E-state index in [4.69, 9.17) is 14.0 Å². The molecule has 0 amide bonds. The van der Waals surface area contributed by atoms with Gasteiger partial charge in [0.05, 0.1) is 14.2 Å². The molecule has 1 aromatic carbocycles. The number of sulfonamides is 1. The van der Waals surface area contributed by atoms with Crippen LogP contribution in [-0.4, -0.2) is 27.8 Å². The number of ether oxygens (including phenoxy) is 2. The van der Waals surface area contributed by atoms with E-state index in [0.29, 0.717) is 22.8 Å². The van der Waals surface area contributed by atoms with Gasteiger partial charge in [-0.25, -0.2) is 13.1 Å². The zero-order chi connectivity index (χ0) is 16.3. The molecule has 0 unspecified atom stereocenters. The topological polar surface area (TPSA) is 90.7 Å². The summed E-state index contributed by atoms with van der Waals surface area (Å²) in [6, 6.07) is 5.18. The Labute approximate surface area is 129 Å². The summed E-state index contributed by atoms with van der Waals surface area (Å²) in [5, 5.41) is 3.66. The molecule has 0 atom stereocenters. The number of hydrogen-bond donors (Lipinski definition) is 1. The Kier molecular flexibility index (Phi) is 4.72. The first kappa shape index (κ1) is 16.3. The molecule has 7 nitrogen and oxygen atoms in total. The Bertz CT molecular complexity index is 748. The van der Waals surface area contributed by atoms with Gasteiger partial charge in [-0.3, -0.25) is 0 Å². The predicted octanol–water partition coefficient (Wildman–Crippen LogP) is 1.79. The van der Waals surface area contributed by atoms with Crippen molar-refractivity contribution < 1.29 is 22.4 Å². The lowest BCUT2D eigenvalue weighted by Gasteiger charge is -2.11. The first-order valence-electron chi connectivity index (χ1n) is 6.52. The van der Waals surface area contributed by atoms with Crippen molar-refractivity contribution in [3.05, 3.63) is 35.2 Å². The van der Waals surface area contributed by atoms with Gasteiger partial charge in [0.2, 0.25) is 10.0 Å². The third-order valence-electron chi connectivity index (χ3n) is 3.18. The van der Waals surface area contributed by atoms with Gasteiger partial charge in [-0.15, -0.1) is 0 Å². The fourth-order valence-corrected chi connectivity index (χ4v) is 3.46. The van der Waals surface area contributed by atoms with Crippen molar-refractivity contribution in [2.24, 2.45) is 0 Å². The van der Waals surface area contributed by atoms with Crippen LogP contribution in [0.3, 0.4) is 0 Å².